The van der Waals surface area contributed by atoms with Crippen LogP contribution < -0.4 is 0 Å². The summed E-state index contributed by atoms with van der Waals surface area (Å²) in [4.78, 5) is 25.0. The van der Waals surface area contributed by atoms with Crippen molar-refractivity contribution in [2.45, 2.75) is 25.2 Å². The number of rotatable bonds is 6. The van der Waals surface area contributed by atoms with Crippen LogP contribution in [0.3, 0.4) is 0 Å². The van der Waals surface area contributed by atoms with Gasteiger partial charge in [0.2, 0.25) is 11.8 Å². The Balaban J connectivity index is 1.81. The van der Waals surface area contributed by atoms with Crippen molar-refractivity contribution >= 4 is 23.6 Å². The average molecular weight is 329 g/mol. The number of thioether (sulfide) groups is 1. The minimum Gasteiger partial charge on any atom is -0.373 e. The number of halogens is 4. The van der Waals surface area contributed by atoms with Gasteiger partial charge in [-0.05, 0) is 12.2 Å². The summed E-state index contributed by atoms with van der Waals surface area (Å²) < 4.78 is 53.5. The number of carbonyl (C=O) groups is 2. The first-order valence-electron chi connectivity index (χ1n) is 6.45. The topological polar surface area (TPSA) is 46.6 Å². The summed E-state index contributed by atoms with van der Waals surface area (Å²) in [5, 5.41) is 0. The third-order valence-corrected chi connectivity index (χ3v) is 4.92. The Morgan fingerprint density at radius 2 is 2.10 bits per heavy atom. The molecule has 1 spiro atoms. The Hall–Kier alpha value is -0.830. The van der Waals surface area contributed by atoms with Crippen LogP contribution in [0.2, 0.25) is 0 Å². The SMILES string of the molecule is O=C1C[C@]2(CCSC2)C(=O)N1CCOCC(F)(F)C(F)F. The number of hydrogen-bond acceptors (Lipinski definition) is 4. The van der Waals surface area contributed by atoms with Crippen LogP contribution in [-0.2, 0) is 14.3 Å². The highest BCUT2D eigenvalue weighted by Gasteiger charge is 2.52. The molecule has 0 aliphatic carbocycles. The van der Waals surface area contributed by atoms with Crippen LogP contribution >= 0.6 is 11.8 Å². The number of alkyl halides is 4. The van der Waals surface area contributed by atoms with Gasteiger partial charge in [0.1, 0.15) is 6.61 Å². The third-order valence-electron chi connectivity index (χ3n) is 3.67. The molecule has 0 aromatic rings. The van der Waals surface area contributed by atoms with Crippen molar-refractivity contribution in [1.29, 1.82) is 0 Å². The molecule has 0 aromatic heterocycles. The minimum atomic E-state index is -4.22. The first kappa shape index (κ1) is 16.5. The fourth-order valence-electron chi connectivity index (χ4n) is 2.43. The van der Waals surface area contributed by atoms with Crippen LogP contribution in [0.4, 0.5) is 17.6 Å². The average Bonchev–Trinajstić information content (AvgIpc) is 2.95. The molecule has 0 N–H and O–H groups in total. The third kappa shape index (κ3) is 3.33. The summed E-state index contributed by atoms with van der Waals surface area (Å²) in [5.74, 6) is -3.49. The van der Waals surface area contributed by atoms with Gasteiger partial charge in [0.05, 0.1) is 18.6 Å². The van der Waals surface area contributed by atoms with Crippen molar-refractivity contribution < 1.29 is 31.9 Å². The molecule has 0 aromatic carbocycles. The lowest BCUT2D eigenvalue weighted by molar-refractivity contribution is -0.167. The molecule has 9 heteroatoms. The molecule has 2 aliphatic rings. The van der Waals surface area contributed by atoms with E-state index < -0.39 is 24.4 Å². The van der Waals surface area contributed by atoms with Crippen molar-refractivity contribution in [2.24, 2.45) is 5.41 Å². The quantitative estimate of drug-likeness (QED) is 0.423. The fraction of sp³-hybridized carbons (Fsp3) is 0.833. The Labute approximate surface area is 123 Å². The Morgan fingerprint density at radius 1 is 1.38 bits per heavy atom. The summed E-state index contributed by atoms with van der Waals surface area (Å²) in [7, 11) is 0. The molecular formula is C12H15F4NO3S. The molecule has 0 saturated carbocycles. The van der Waals surface area contributed by atoms with Gasteiger partial charge in [0, 0.05) is 12.2 Å². The van der Waals surface area contributed by atoms with Gasteiger partial charge in [0.15, 0.2) is 0 Å². The molecule has 0 bridgehead atoms. The van der Waals surface area contributed by atoms with Crippen molar-refractivity contribution in [2.75, 3.05) is 31.3 Å². The molecule has 2 saturated heterocycles. The van der Waals surface area contributed by atoms with Gasteiger partial charge in [-0.15, -0.1) is 0 Å². The molecule has 0 radical (unpaired) electrons. The summed E-state index contributed by atoms with van der Waals surface area (Å²) >= 11 is 1.60. The van der Waals surface area contributed by atoms with E-state index in [1.807, 2.05) is 0 Å². The fourth-order valence-corrected chi connectivity index (χ4v) is 3.87. The van der Waals surface area contributed by atoms with Crippen LogP contribution in [0.5, 0.6) is 0 Å². The number of likely N-dealkylation sites (tertiary alicyclic amines) is 1. The van der Waals surface area contributed by atoms with Crippen LogP contribution in [0, 0.1) is 5.41 Å². The molecule has 2 heterocycles. The Kier molecular flexibility index (Phi) is 4.82. The second kappa shape index (κ2) is 6.12. The predicted octanol–water partition coefficient (Wildman–Crippen LogP) is 1.79. The van der Waals surface area contributed by atoms with Crippen LogP contribution in [0.15, 0.2) is 0 Å². The highest BCUT2D eigenvalue weighted by Crippen LogP contribution is 2.44. The van der Waals surface area contributed by atoms with E-state index in [4.69, 9.17) is 0 Å². The lowest BCUT2D eigenvalue weighted by Crippen LogP contribution is -2.39. The summed E-state index contributed by atoms with van der Waals surface area (Å²) in [6.07, 6.45) is -3.04. The standard InChI is InChI=1S/C12H15F4NO3S/c13-9(14)12(15,16)6-20-3-2-17-8(18)5-11(10(17)19)1-4-21-7-11/h9H,1-7H2/t11-/m0/s1. The normalized spacial score (nSPS) is 26.6. The summed E-state index contributed by atoms with van der Waals surface area (Å²) in [6, 6.07) is 0. The monoisotopic (exact) mass is 329 g/mol. The second-order valence-electron chi connectivity index (χ2n) is 5.22. The van der Waals surface area contributed by atoms with Crippen molar-refractivity contribution in [3.05, 3.63) is 0 Å². The Bertz CT molecular complexity index is 427. The number of imide groups is 1. The number of carbonyl (C=O) groups excluding carboxylic acids is 2. The lowest BCUT2D eigenvalue weighted by atomic mass is 9.86. The summed E-state index contributed by atoms with van der Waals surface area (Å²) in [6.45, 7) is -1.98. The van der Waals surface area contributed by atoms with E-state index in [0.29, 0.717) is 12.2 Å². The van der Waals surface area contributed by atoms with Gasteiger partial charge in [-0.3, -0.25) is 14.5 Å². The van der Waals surface area contributed by atoms with E-state index >= 15 is 0 Å². The zero-order valence-electron chi connectivity index (χ0n) is 11.1. The molecular weight excluding hydrogens is 314 g/mol. The van der Waals surface area contributed by atoms with E-state index in [1.165, 1.54) is 0 Å². The maximum atomic E-state index is 12.6. The summed E-state index contributed by atoms with van der Waals surface area (Å²) in [5.41, 5.74) is -0.658. The van der Waals surface area contributed by atoms with Gasteiger partial charge in [0.25, 0.3) is 0 Å². The maximum absolute atomic E-state index is 12.6. The molecule has 1 atom stereocenters. The van der Waals surface area contributed by atoms with Crippen LogP contribution in [-0.4, -0.2) is 60.3 Å². The lowest BCUT2D eigenvalue weighted by Gasteiger charge is -2.21. The number of nitrogens with zero attached hydrogens (tertiary/aromatic N) is 1. The minimum absolute atomic E-state index is 0.131. The van der Waals surface area contributed by atoms with Crippen LogP contribution in [0.1, 0.15) is 12.8 Å². The molecule has 120 valence electrons. The van der Waals surface area contributed by atoms with Crippen molar-refractivity contribution in [3.8, 4) is 0 Å². The second-order valence-corrected chi connectivity index (χ2v) is 6.33. The molecule has 2 rings (SSSR count). The van der Waals surface area contributed by atoms with E-state index in [1.54, 1.807) is 11.8 Å². The molecule has 2 amide bonds. The van der Waals surface area contributed by atoms with Gasteiger partial charge < -0.3 is 4.74 Å². The first-order chi connectivity index (χ1) is 9.78. The zero-order valence-corrected chi connectivity index (χ0v) is 11.9. The van der Waals surface area contributed by atoms with Gasteiger partial charge in [-0.2, -0.15) is 20.5 Å². The van der Waals surface area contributed by atoms with Crippen LogP contribution in [0.25, 0.3) is 0 Å². The number of amides is 2. The van der Waals surface area contributed by atoms with Crippen molar-refractivity contribution in [3.63, 3.8) is 0 Å². The molecule has 0 unspecified atom stereocenters. The maximum Gasteiger partial charge on any atom is 0.330 e. The largest absolute Gasteiger partial charge is 0.373 e. The van der Waals surface area contributed by atoms with E-state index in [9.17, 15) is 27.2 Å². The highest BCUT2D eigenvalue weighted by atomic mass is 32.2. The number of hydrogen-bond donors (Lipinski definition) is 0. The van der Waals surface area contributed by atoms with E-state index in [2.05, 4.69) is 4.74 Å². The zero-order chi connectivity index (χ0) is 15.7. The van der Waals surface area contributed by atoms with Crippen molar-refractivity contribution in [1.82, 2.24) is 4.90 Å². The van der Waals surface area contributed by atoms with E-state index in [-0.39, 0.29) is 31.4 Å². The number of ether oxygens (including phenoxy) is 1. The molecule has 2 aliphatic heterocycles. The predicted molar refractivity (Wildman–Crippen MR) is 67.5 cm³/mol. The smallest absolute Gasteiger partial charge is 0.330 e. The Morgan fingerprint density at radius 3 is 2.67 bits per heavy atom. The molecule has 21 heavy (non-hydrogen) atoms. The molecule has 2 fully saturated rings. The first-order valence-corrected chi connectivity index (χ1v) is 7.60. The van der Waals surface area contributed by atoms with Gasteiger partial charge >= 0.3 is 12.3 Å². The van der Waals surface area contributed by atoms with E-state index in [0.717, 1.165) is 10.7 Å². The van der Waals surface area contributed by atoms with Gasteiger partial charge in [-0.25, -0.2) is 8.78 Å². The van der Waals surface area contributed by atoms with Gasteiger partial charge in [-0.1, -0.05) is 0 Å². The highest BCUT2D eigenvalue weighted by molar-refractivity contribution is 7.99. The molecule has 4 nitrogen and oxygen atoms in total.